The van der Waals surface area contributed by atoms with E-state index in [-0.39, 0.29) is 29.2 Å². The number of fused-ring (bicyclic) bond motifs is 1. The van der Waals surface area contributed by atoms with Crippen molar-refractivity contribution in [1.82, 2.24) is 25.3 Å². The first-order valence-electron chi connectivity index (χ1n) is 11.7. The monoisotopic (exact) mass is 507 g/mol. The molecule has 10 heteroatoms. The summed E-state index contributed by atoms with van der Waals surface area (Å²) in [6, 6.07) is 17.8. The van der Waals surface area contributed by atoms with E-state index >= 15 is 0 Å². The molecule has 4 N–H and O–H groups in total. The standard InChI is InChI=1S/C28H22FN7O2/c1-16-2-3-18(9-23(16)29)13-34-27(37)22-8-19(11-30)14-32-25(22)31-12-17-4-6-20(7-5-17)21-10-24-26(33-15-21)36-28(38)35-24/h2-10,14-15H,12-13H2,1H3,(H,31,32)(H,34,37)(H2,33,35,36,38). The maximum Gasteiger partial charge on any atom is 0.325 e. The highest BCUT2D eigenvalue weighted by molar-refractivity contribution is 5.99. The summed E-state index contributed by atoms with van der Waals surface area (Å²) in [7, 11) is 0. The summed E-state index contributed by atoms with van der Waals surface area (Å²) in [4.78, 5) is 38.3. The average molecular weight is 508 g/mol. The predicted octanol–water partition coefficient (Wildman–Crippen LogP) is 4.17. The highest BCUT2D eigenvalue weighted by atomic mass is 19.1. The van der Waals surface area contributed by atoms with Crippen molar-refractivity contribution in [2.75, 3.05) is 5.32 Å². The fourth-order valence-electron chi connectivity index (χ4n) is 3.94. The molecule has 0 bridgehead atoms. The van der Waals surface area contributed by atoms with E-state index in [0.29, 0.717) is 34.7 Å². The van der Waals surface area contributed by atoms with Gasteiger partial charge in [0, 0.05) is 31.0 Å². The van der Waals surface area contributed by atoms with Crippen LogP contribution in [-0.4, -0.2) is 25.8 Å². The number of benzene rings is 2. The maximum atomic E-state index is 13.8. The highest BCUT2D eigenvalue weighted by Crippen LogP contribution is 2.22. The first kappa shape index (κ1) is 24.4. The summed E-state index contributed by atoms with van der Waals surface area (Å²) < 4.78 is 13.8. The number of hydrogen-bond acceptors (Lipinski definition) is 6. The number of carbonyl (C=O) groups excluding carboxylic acids is 1. The number of amides is 1. The van der Waals surface area contributed by atoms with Crippen molar-refractivity contribution in [3.63, 3.8) is 0 Å². The van der Waals surface area contributed by atoms with Gasteiger partial charge < -0.3 is 15.6 Å². The van der Waals surface area contributed by atoms with Gasteiger partial charge in [-0.3, -0.25) is 9.78 Å². The third-order valence-corrected chi connectivity index (χ3v) is 6.07. The quantitative estimate of drug-likeness (QED) is 0.261. The average Bonchev–Trinajstić information content (AvgIpc) is 3.31. The first-order valence-corrected chi connectivity index (χ1v) is 11.7. The number of imidazole rings is 1. The number of rotatable bonds is 7. The number of nitrogens with zero attached hydrogens (tertiary/aromatic N) is 3. The summed E-state index contributed by atoms with van der Waals surface area (Å²) in [5.74, 6) is -0.444. The second kappa shape index (κ2) is 10.4. The fourth-order valence-corrected chi connectivity index (χ4v) is 3.94. The Morgan fingerprint density at radius 3 is 2.53 bits per heavy atom. The molecule has 0 unspecified atom stereocenters. The van der Waals surface area contributed by atoms with Crippen LogP contribution in [0.2, 0.25) is 0 Å². The number of halogens is 1. The van der Waals surface area contributed by atoms with Crippen LogP contribution in [0.4, 0.5) is 10.2 Å². The molecule has 0 aliphatic heterocycles. The second-order valence-electron chi connectivity index (χ2n) is 8.75. The van der Waals surface area contributed by atoms with E-state index in [4.69, 9.17) is 0 Å². The number of anilines is 1. The number of pyridine rings is 2. The molecular weight excluding hydrogens is 485 g/mol. The molecule has 5 aromatic rings. The molecule has 0 radical (unpaired) electrons. The van der Waals surface area contributed by atoms with Crippen LogP contribution in [0.1, 0.15) is 32.6 Å². The lowest BCUT2D eigenvalue weighted by atomic mass is 10.1. The molecule has 0 saturated heterocycles. The van der Waals surface area contributed by atoms with E-state index in [1.165, 1.54) is 18.3 Å². The number of aryl methyl sites for hydroxylation is 1. The third-order valence-electron chi connectivity index (χ3n) is 6.07. The van der Waals surface area contributed by atoms with E-state index in [1.54, 1.807) is 25.3 Å². The number of aromatic nitrogens is 4. The molecule has 9 nitrogen and oxygen atoms in total. The van der Waals surface area contributed by atoms with Gasteiger partial charge in [0.2, 0.25) is 0 Å². The molecule has 0 atom stereocenters. The smallest absolute Gasteiger partial charge is 0.325 e. The van der Waals surface area contributed by atoms with Crippen LogP contribution in [0.3, 0.4) is 0 Å². The van der Waals surface area contributed by atoms with Gasteiger partial charge >= 0.3 is 5.69 Å². The Hall–Kier alpha value is -5.30. The van der Waals surface area contributed by atoms with Crippen molar-refractivity contribution < 1.29 is 9.18 Å². The molecular formula is C28H22FN7O2. The maximum absolute atomic E-state index is 13.8. The normalized spacial score (nSPS) is 10.8. The van der Waals surface area contributed by atoms with Crippen LogP contribution in [-0.2, 0) is 13.1 Å². The zero-order valence-electron chi connectivity index (χ0n) is 20.3. The number of carbonyl (C=O) groups is 1. The molecule has 3 heterocycles. The van der Waals surface area contributed by atoms with Crippen molar-refractivity contribution in [3.05, 3.63) is 111 Å². The summed E-state index contributed by atoms with van der Waals surface area (Å²) in [6.45, 7) is 2.18. The van der Waals surface area contributed by atoms with Crippen molar-refractivity contribution in [3.8, 4) is 17.2 Å². The van der Waals surface area contributed by atoms with Gasteiger partial charge in [-0.05, 0) is 47.4 Å². The Balaban J connectivity index is 1.29. The minimum Gasteiger partial charge on any atom is -0.365 e. The van der Waals surface area contributed by atoms with Gasteiger partial charge in [-0.1, -0.05) is 36.4 Å². The molecule has 3 aromatic heterocycles. The molecule has 38 heavy (non-hydrogen) atoms. The SMILES string of the molecule is Cc1ccc(CNC(=O)c2cc(C#N)cnc2NCc2ccc(-c3cnc4[nH]c(=O)[nH]c4c3)cc2)cc1F. The van der Waals surface area contributed by atoms with Crippen molar-refractivity contribution in [2.45, 2.75) is 20.0 Å². The molecule has 0 spiro atoms. The number of hydrogen-bond donors (Lipinski definition) is 4. The van der Waals surface area contributed by atoms with Gasteiger partial charge in [0.25, 0.3) is 5.91 Å². The molecule has 1 amide bonds. The zero-order valence-corrected chi connectivity index (χ0v) is 20.3. The zero-order chi connectivity index (χ0) is 26.6. The number of H-pyrrole nitrogens is 2. The predicted molar refractivity (Wildman–Crippen MR) is 141 cm³/mol. The summed E-state index contributed by atoms with van der Waals surface area (Å²) in [5.41, 5.74) is 5.16. The van der Waals surface area contributed by atoms with Gasteiger partial charge in [0.1, 0.15) is 17.7 Å². The summed E-state index contributed by atoms with van der Waals surface area (Å²) >= 11 is 0. The van der Waals surface area contributed by atoms with Gasteiger partial charge in [-0.25, -0.2) is 19.2 Å². The number of nitrogens with one attached hydrogen (secondary N) is 4. The lowest BCUT2D eigenvalue weighted by Crippen LogP contribution is -2.24. The lowest BCUT2D eigenvalue weighted by molar-refractivity contribution is 0.0951. The van der Waals surface area contributed by atoms with Gasteiger partial charge in [0.05, 0.1) is 16.6 Å². The number of nitriles is 1. The summed E-state index contributed by atoms with van der Waals surface area (Å²) in [5, 5.41) is 15.2. The fraction of sp³-hybridized carbons (Fsp3) is 0.107. The molecule has 188 valence electrons. The van der Waals surface area contributed by atoms with Crippen LogP contribution in [0.5, 0.6) is 0 Å². The van der Waals surface area contributed by atoms with Crippen LogP contribution in [0.15, 0.2) is 71.8 Å². The van der Waals surface area contributed by atoms with E-state index in [2.05, 4.69) is 30.6 Å². The lowest BCUT2D eigenvalue weighted by Gasteiger charge is -2.12. The highest BCUT2D eigenvalue weighted by Gasteiger charge is 2.15. The van der Waals surface area contributed by atoms with Gasteiger partial charge in [0.15, 0.2) is 5.65 Å². The minimum atomic E-state index is -0.431. The van der Waals surface area contributed by atoms with E-state index in [0.717, 1.165) is 16.7 Å². The second-order valence-corrected chi connectivity index (χ2v) is 8.75. The molecule has 2 aromatic carbocycles. The summed E-state index contributed by atoms with van der Waals surface area (Å²) in [6.07, 6.45) is 3.09. The van der Waals surface area contributed by atoms with Crippen molar-refractivity contribution >= 4 is 22.9 Å². The largest absolute Gasteiger partial charge is 0.365 e. The molecule has 5 rings (SSSR count). The van der Waals surface area contributed by atoms with E-state index in [1.807, 2.05) is 36.4 Å². The molecule has 0 aliphatic rings. The minimum absolute atomic E-state index is 0.130. The van der Waals surface area contributed by atoms with Crippen LogP contribution < -0.4 is 16.3 Å². The first-order chi connectivity index (χ1) is 18.4. The van der Waals surface area contributed by atoms with E-state index < -0.39 is 5.91 Å². The Morgan fingerprint density at radius 1 is 0.974 bits per heavy atom. The Bertz CT molecular complexity index is 1750. The van der Waals surface area contributed by atoms with Crippen LogP contribution in [0, 0.1) is 24.1 Å². The Morgan fingerprint density at radius 2 is 1.76 bits per heavy atom. The van der Waals surface area contributed by atoms with E-state index in [9.17, 15) is 19.2 Å². The molecule has 0 saturated carbocycles. The van der Waals surface area contributed by atoms with Crippen LogP contribution in [0.25, 0.3) is 22.3 Å². The van der Waals surface area contributed by atoms with Crippen molar-refractivity contribution in [1.29, 1.82) is 5.26 Å². The topological polar surface area (TPSA) is 139 Å². The molecule has 0 aliphatic carbocycles. The third kappa shape index (κ3) is 5.27. The Kier molecular flexibility index (Phi) is 6.65. The Labute approximate surface area is 216 Å². The van der Waals surface area contributed by atoms with Crippen molar-refractivity contribution in [2.24, 2.45) is 0 Å². The number of aromatic amines is 2. The molecule has 0 fully saturated rings. The van der Waals surface area contributed by atoms with Gasteiger partial charge in [-0.15, -0.1) is 0 Å². The van der Waals surface area contributed by atoms with Crippen LogP contribution >= 0.6 is 0 Å². The van der Waals surface area contributed by atoms with Gasteiger partial charge in [-0.2, -0.15) is 5.26 Å².